The first-order chi connectivity index (χ1) is 15.4. The zero-order chi connectivity index (χ0) is 24.4. The van der Waals surface area contributed by atoms with Gasteiger partial charge in [-0.3, -0.25) is 4.79 Å². The van der Waals surface area contributed by atoms with E-state index in [1.54, 1.807) is 13.0 Å². The van der Waals surface area contributed by atoms with Crippen molar-refractivity contribution in [3.05, 3.63) is 46.5 Å². The molecule has 0 saturated heterocycles. The van der Waals surface area contributed by atoms with Crippen LogP contribution < -0.4 is 0 Å². The van der Waals surface area contributed by atoms with Gasteiger partial charge in [0.05, 0.1) is 16.0 Å². The lowest BCUT2D eigenvalue weighted by Gasteiger charge is -2.14. The van der Waals surface area contributed by atoms with Crippen LogP contribution in [0.2, 0.25) is 0 Å². The molecule has 0 atom stereocenters. The number of nitrogens with zero attached hydrogens (tertiary/aromatic N) is 4. The van der Waals surface area contributed by atoms with Crippen LogP contribution in [-0.2, 0) is 28.6 Å². The van der Waals surface area contributed by atoms with Crippen LogP contribution in [0.1, 0.15) is 36.6 Å². The molecule has 0 spiro atoms. The third-order valence-corrected chi connectivity index (χ3v) is 5.26. The van der Waals surface area contributed by atoms with Gasteiger partial charge in [0.15, 0.2) is 5.69 Å². The quantitative estimate of drug-likeness (QED) is 0.320. The molecule has 2 heterocycles. The first kappa shape index (κ1) is 24.2. The first-order valence-corrected chi connectivity index (χ1v) is 10.2. The Morgan fingerprint density at radius 3 is 2.30 bits per heavy atom. The summed E-state index contributed by atoms with van der Waals surface area (Å²) >= 11 is 0.962. The largest absolute Gasteiger partial charge is 0.441 e. The number of thiophene rings is 1. The number of alkyl halides is 6. The van der Waals surface area contributed by atoms with E-state index in [2.05, 4.69) is 10.2 Å². The Morgan fingerprint density at radius 1 is 1.12 bits per heavy atom. The van der Waals surface area contributed by atoms with Gasteiger partial charge in [-0.25, -0.2) is 0 Å². The lowest BCUT2D eigenvalue weighted by molar-refractivity contribution is -0.148. The summed E-state index contributed by atoms with van der Waals surface area (Å²) in [7, 11) is 0. The summed E-state index contributed by atoms with van der Waals surface area (Å²) in [6, 6.07) is 4.35. The van der Waals surface area contributed by atoms with Crippen molar-refractivity contribution >= 4 is 17.3 Å². The molecule has 6 nitrogen and oxygen atoms in total. The van der Waals surface area contributed by atoms with Crippen molar-refractivity contribution in [1.82, 2.24) is 15.0 Å². The second-order valence-electron chi connectivity index (χ2n) is 6.73. The van der Waals surface area contributed by atoms with E-state index in [4.69, 9.17) is 4.74 Å². The fraction of sp³-hybridized carbons (Fsp3) is 0.300. The molecular formula is C20H14F6N4O2S. The number of ether oxygens (including phenoxy) is 1. The summed E-state index contributed by atoms with van der Waals surface area (Å²) in [5.74, 6) is -0.518. The molecule has 3 aromatic rings. The number of rotatable bonds is 6. The molecule has 0 bridgehead atoms. The maximum absolute atomic E-state index is 13.3. The highest BCUT2D eigenvalue weighted by molar-refractivity contribution is 7.14. The van der Waals surface area contributed by atoms with E-state index in [0.29, 0.717) is 18.6 Å². The van der Waals surface area contributed by atoms with Crippen LogP contribution in [0.25, 0.3) is 21.7 Å². The fourth-order valence-electron chi connectivity index (χ4n) is 2.87. The highest BCUT2D eigenvalue weighted by Crippen LogP contribution is 2.42. The fourth-order valence-corrected chi connectivity index (χ4v) is 3.77. The zero-order valence-corrected chi connectivity index (χ0v) is 17.6. The molecule has 0 aliphatic heterocycles. The third kappa shape index (κ3) is 5.51. The molecule has 33 heavy (non-hydrogen) atoms. The van der Waals surface area contributed by atoms with Crippen LogP contribution in [0.3, 0.4) is 0 Å². The highest BCUT2D eigenvalue weighted by Gasteiger charge is 2.37. The van der Waals surface area contributed by atoms with Crippen LogP contribution in [0.4, 0.5) is 26.3 Å². The Kier molecular flexibility index (Phi) is 6.78. The van der Waals surface area contributed by atoms with E-state index in [1.807, 2.05) is 0 Å². The van der Waals surface area contributed by atoms with Gasteiger partial charge in [0, 0.05) is 12.0 Å². The zero-order valence-electron chi connectivity index (χ0n) is 16.8. The van der Waals surface area contributed by atoms with E-state index >= 15 is 0 Å². The number of carbonyl (C=O) groups is 1. The Labute approximate surface area is 187 Å². The predicted molar refractivity (Wildman–Crippen MR) is 104 cm³/mol. The molecule has 0 amide bonds. The maximum Gasteiger partial charge on any atom is 0.416 e. The van der Waals surface area contributed by atoms with Crippen LogP contribution >= 0.6 is 11.3 Å². The van der Waals surface area contributed by atoms with Gasteiger partial charge in [0.1, 0.15) is 11.8 Å². The van der Waals surface area contributed by atoms with Gasteiger partial charge in [-0.1, -0.05) is 6.92 Å². The molecule has 0 N–H and O–H groups in total. The molecule has 0 aliphatic rings. The van der Waals surface area contributed by atoms with Gasteiger partial charge in [-0.2, -0.15) is 31.6 Å². The Morgan fingerprint density at radius 2 is 1.76 bits per heavy atom. The van der Waals surface area contributed by atoms with Gasteiger partial charge < -0.3 is 4.74 Å². The van der Waals surface area contributed by atoms with Crippen molar-refractivity contribution in [2.75, 3.05) is 0 Å². The minimum Gasteiger partial charge on any atom is -0.441 e. The smallest absolute Gasteiger partial charge is 0.416 e. The second kappa shape index (κ2) is 9.22. The molecule has 1 aromatic carbocycles. The van der Waals surface area contributed by atoms with Crippen LogP contribution in [0.5, 0.6) is 0 Å². The Hall–Kier alpha value is -3.40. The summed E-state index contributed by atoms with van der Waals surface area (Å²) < 4.78 is 84.5. The number of benzene rings is 1. The van der Waals surface area contributed by atoms with E-state index in [0.717, 1.165) is 16.1 Å². The number of aromatic nitrogens is 3. The number of nitriles is 1. The number of hydrogen-bond acceptors (Lipinski definition) is 6. The molecule has 3 rings (SSSR count). The van der Waals surface area contributed by atoms with Gasteiger partial charge in [0.25, 0.3) is 0 Å². The number of hydrogen-bond donors (Lipinski definition) is 0. The number of esters is 1. The summed E-state index contributed by atoms with van der Waals surface area (Å²) in [4.78, 5) is 12.6. The molecule has 0 aliphatic carbocycles. The van der Waals surface area contributed by atoms with Crippen LogP contribution in [-0.4, -0.2) is 21.0 Å². The summed E-state index contributed by atoms with van der Waals surface area (Å²) in [6.45, 7) is 1.37. The highest BCUT2D eigenvalue weighted by atomic mass is 32.1. The van der Waals surface area contributed by atoms with Gasteiger partial charge >= 0.3 is 18.3 Å². The Balaban J connectivity index is 2.06. The average Bonchev–Trinajstić information content (AvgIpc) is 3.37. The normalized spacial score (nSPS) is 11.9. The number of halogens is 6. The van der Waals surface area contributed by atoms with E-state index in [9.17, 15) is 36.4 Å². The standard InChI is InChI=1S/C20H14F6N4O2S/c1-2-3-16(31)32-10-30-28-15(9-27)17(29-30)18-14(4-5-33-18)11-6-12(19(21,22)23)8-13(7-11)20(24,25)26/h4-8H,2-3,10H2,1H3. The lowest BCUT2D eigenvalue weighted by atomic mass is 9.98. The van der Waals surface area contributed by atoms with Crippen molar-refractivity contribution in [1.29, 1.82) is 5.26 Å². The second-order valence-corrected chi connectivity index (χ2v) is 7.65. The monoisotopic (exact) mass is 488 g/mol. The molecular weight excluding hydrogens is 474 g/mol. The van der Waals surface area contributed by atoms with E-state index in [-0.39, 0.29) is 39.9 Å². The lowest BCUT2D eigenvalue weighted by Crippen LogP contribution is -2.11. The predicted octanol–water partition coefficient (Wildman–Crippen LogP) is 5.88. The minimum absolute atomic E-state index is 0.0168. The summed E-state index contributed by atoms with van der Waals surface area (Å²) in [5, 5.41) is 18.8. The molecule has 0 saturated carbocycles. The molecule has 2 aromatic heterocycles. The maximum atomic E-state index is 13.3. The average molecular weight is 488 g/mol. The van der Waals surface area contributed by atoms with Gasteiger partial charge in [-0.05, 0) is 41.6 Å². The summed E-state index contributed by atoms with van der Waals surface area (Å²) in [5.41, 5.74) is -3.54. The molecule has 0 fully saturated rings. The van der Waals surface area contributed by atoms with Crippen molar-refractivity contribution in [3.63, 3.8) is 0 Å². The topological polar surface area (TPSA) is 80.8 Å². The van der Waals surface area contributed by atoms with Crippen LogP contribution in [0.15, 0.2) is 29.6 Å². The van der Waals surface area contributed by atoms with Crippen LogP contribution in [0, 0.1) is 11.3 Å². The molecule has 0 unspecified atom stereocenters. The first-order valence-electron chi connectivity index (χ1n) is 9.32. The van der Waals surface area contributed by atoms with Crippen molar-refractivity contribution in [2.24, 2.45) is 0 Å². The number of carbonyl (C=O) groups excluding carboxylic acids is 1. The SMILES string of the molecule is CCCC(=O)OCn1nc(C#N)c(-c2sccc2-c2cc(C(F)(F)F)cc(C(F)(F)F)c2)n1. The van der Waals surface area contributed by atoms with Crippen molar-refractivity contribution in [3.8, 4) is 27.8 Å². The third-order valence-electron chi connectivity index (χ3n) is 4.34. The molecule has 13 heteroatoms. The molecule has 174 valence electrons. The van der Waals surface area contributed by atoms with Crippen molar-refractivity contribution in [2.45, 2.75) is 38.8 Å². The van der Waals surface area contributed by atoms with Gasteiger partial charge in [-0.15, -0.1) is 26.3 Å². The minimum atomic E-state index is -5.00. The Bertz CT molecular complexity index is 1170. The van der Waals surface area contributed by atoms with E-state index in [1.165, 1.54) is 11.4 Å². The van der Waals surface area contributed by atoms with Gasteiger partial charge in [0.2, 0.25) is 6.73 Å². The van der Waals surface area contributed by atoms with Crippen molar-refractivity contribution < 1.29 is 35.9 Å². The summed E-state index contributed by atoms with van der Waals surface area (Å²) in [6.07, 6.45) is -9.30. The van der Waals surface area contributed by atoms with E-state index < -0.39 is 36.2 Å². The molecule has 0 radical (unpaired) electrons.